The standard InChI is InChI=1S/C25H22N2S3/c1-6-28-17-8-7-15(11-16(17)25(3,4)5)23-22-21-19(30-24(22)27-13-26-23)10-9-18-20(21)14(2)12-29-18/h6-13H,1H2,2-5H3. The van der Waals surface area contributed by atoms with E-state index in [1.165, 1.54) is 41.6 Å². The van der Waals surface area contributed by atoms with Crippen LogP contribution >= 0.6 is 34.4 Å². The Morgan fingerprint density at radius 3 is 2.57 bits per heavy atom. The molecule has 0 saturated carbocycles. The highest BCUT2D eigenvalue weighted by molar-refractivity contribution is 8.02. The van der Waals surface area contributed by atoms with Gasteiger partial charge in [-0.15, -0.1) is 22.7 Å². The molecule has 150 valence electrons. The highest BCUT2D eigenvalue weighted by atomic mass is 32.2. The number of aryl methyl sites for hydroxylation is 1. The molecule has 5 aromatic rings. The summed E-state index contributed by atoms with van der Waals surface area (Å²) >= 11 is 5.24. The molecule has 0 fully saturated rings. The maximum Gasteiger partial charge on any atom is 0.128 e. The van der Waals surface area contributed by atoms with Gasteiger partial charge in [-0.2, -0.15) is 0 Å². The fraction of sp³-hybridized carbons (Fsp3) is 0.200. The quantitative estimate of drug-likeness (QED) is 0.260. The Labute approximate surface area is 188 Å². The van der Waals surface area contributed by atoms with Crippen molar-refractivity contribution in [2.45, 2.75) is 38.0 Å². The molecule has 5 heteroatoms. The van der Waals surface area contributed by atoms with Crippen LogP contribution in [0.4, 0.5) is 0 Å². The Morgan fingerprint density at radius 2 is 1.80 bits per heavy atom. The van der Waals surface area contributed by atoms with Gasteiger partial charge < -0.3 is 0 Å². The first-order valence-electron chi connectivity index (χ1n) is 9.85. The molecule has 2 aromatic carbocycles. The lowest BCUT2D eigenvalue weighted by Gasteiger charge is -2.23. The molecule has 0 unspecified atom stereocenters. The van der Waals surface area contributed by atoms with E-state index < -0.39 is 0 Å². The summed E-state index contributed by atoms with van der Waals surface area (Å²) in [6, 6.07) is 11.2. The summed E-state index contributed by atoms with van der Waals surface area (Å²) in [4.78, 5) is 11.7. The van der Waals surface area contributed by atoms with Gasteiger partial charge in [0.25, 0.3) is 0 Å². The lowest BCUT2D eigenvalue weighted by molar-refractivity contribution is 0.578. The lowest BCUT2D eigenvalue weighted by Crippen LogP contribution is -2.12. The lowest BCUT2D eigenvalue weighted by atomic mass is 9.85. The van der Waals surface area contributed by atoms with Crippen molar-refractivity contribution in [3.63, 3.8) is 0 Å². The largest absolute Gasteiger partial charge is 0.236 e. The average Bonchev–Trinajstić information content (AvgIpc) is 3.27. The van der Waals surface area contributed by atoms with Gasteiger partial charge in [0.2, 0.25) is 0 Å². The number of thiophene rings is 2. The zero-order chi connectivity index (χ0) is 21.0. The van der Waals surface area contributed by atoms with Crippen LogP contribution < -0.4 is 0 Å². The number of benzene rings is 2. The number of nitrogens with zero attached hydrogens (tertiary/aromatic N) is 2. The fourth-order valence-corrected chi connectivity index (χ4v) is 6.87. The second kappa shape index (κ2) is 7.19. The molecule has 0 saturated heterocycles. The summed E-state index contributed by atoms with van der Waals surface area (Å²) in [5.41, 5.74) is 4.83. The summed E-state index contributed by atoms with van der Waals surface area (Å²) in [6.07, 6.45) is 1.70. The predicted octanol–water partition coefficient (Wildman–Crippen LogP) is 8.57. The van der Waals surface area contributed by atoms with Crippen LogP contribution in [0.5, 0.6) is 0 Å². The number of fused-ring (bicyclic) bond motifs is 5. The molecule has 0 amide bonds. The van der Waals surface area contributed by atoms with Crippen LogP contribution in [0.1, 0.15) is 31.9 Å². The summed E-state index contributed by atoms with van der Waals surface area (Å²) in [6.45, 7) is 12.9. The molecule has 5 rings (SSSR count). The molecule has 3 aromatic heterocycles. The van der Waals surface area contributed by atoms with E-state index >= 15 is 0 Å². The number of aromatic nitrogens is 2. The van der Waals surface area contributed by atoms with Gasteiger partial charge in [0, 0.05) is 36.0 Å². The van der Waals surface area contributed by atoms with Gasteiger partial charge in [0.05, 0.1) is 5.69 Å². The molecule has 0 spiro atoms. The van der Waals surface area contributed by atoms with Crippen molar-refractivity contribution in [2.75, 3.05) is 0 Å². The van der Waals surface area contributed by atoms with Crippen LogP contribution in [-0.2, 0) is 5.41 Å². The molecular weight excluding hydrogens is 424 g/mol. The monoisotopic (exact) mass is 446 g/mol. The Kier molecular flexibility index (Phi) is 4.73. The Bertz CT molecular complexity index is 1430. The number of thioether (sulfide) groups is 1. The van der Waals surface area contributed by atoms with E-state index in [0.717, 1.165) is 16.1 Å². The molecule has 0 radical (unpaired) electrons. The van der Waals surface area contributed by atoms with E-state index in [-0.39, 0.29) is 5.41 Å². The van der Waals surface area contributed by atoms with E-state index in [1.54, 1.807) is 29.4 Å². The minimum Gasteiger partial charge on any atom is -0.236 e. The van der Waals surface area contributed by atoms with Crippen LogP contribution in [0, 0.1) is 6.92 Å². The van der Waals surface area contributed by atoms with Gasteiger partial charge in [-0.05, 0) is 58.5 Å². The van der Waals surface area contributed by atoms with Crippen molar-refractivity contribution < 1.29 is 0 Å². The third-order valence-electron chi connectivity index (χ3n) is 5.43. The topological polar surface area (TPSA) is 25.8 Å². The van der Waals surface area contributed by atoms with Crippen molar-refractivity contribution in [3.8, 4) is 11.3 Å². The van der Waals surface area contributed by atoms with Crippen LogP contribution in [-0.4, -0.2) is 9.97 Å². The zero-order valence-electron chi connectivity index (χ0n) is 17.4. The van der Waals surface area contributed by atoms with Gasteiger partial charge >= 0.3 is 0 Å². The molecule has 0 aliphatic heterocycles. The number of hydrogen-bond acceptors (Lipinski definition) is 5. The Hall–Kier alpha value is -2.21. The van der Waals surface area contributed by atoms with E-state index in [2.05, 4.69) is 75.0 Å². The SMILES string of the molecule is C=CSc1ccc(-c2ncnc3sc4ccc5scc(C)c5c4c23)cc1C(C)(C)C. The summed E-state index contributed by atoms with van der Waals surface area (Å²) in [5.74, 6) is 0. The van der Waals surface area contributed by atoms with Crippen molar-refractivity contribution in [1.29, 1.82) is 0 Å². The molecular formula is C25H22N2S3. The smallest absolute Gasteiger partial charge is 0.128 e. The predicted molar refractivity (Wildman–Crippen MR) is 135 cm³/mol. The minimum atomic E-state index is 0.0292. The number of rotatable bonds is 3. The Morgan fingerprint density at radius 1 is 1.00 bits per heavy atom. The van der Waals surface area contributed by atoms with Gasteiger partial charge in [0.15, 0.2) is 0 Å². The van der Waals surface area contributed by atoms with Crippen LogP contribution in [0.2, 0.25) is 0 Å². The second-order valence-corrected chi connectivity index (χ2v) is 11.4. The van der Waals surface area contributed by atoms with Gasteiger partial charge in [-0.25, -0.2) is 9.97 Å². The minimum absolute atomic E-state index is 0.0292. The molecule has 0 N–H and O–H groups in total. The van der Waals surface area contributed by atoms with Crippen molar-refractivity contribution in [1.82, 2.24) is 9.97 Å². The summed E-state index contributed by atoms with van der Waals surface area (Å²) in [7, 11) is 0. The normalized spacial score (nSPS) is 12.3. The first-order valence-corrected chi connectivity index (χ1v) is 12.4. The Balaban J connectivity index is 1.87. The zero-order valence-corrected chi connectivity index (χ0v) is 19.9. The van der Waals surface area contributed by atoms with Crippen LogP contribution in [0.15, 0.2) is 58.9 Å². The van der Waals surface area contributed by atoms with Gasteiger partial charge in [-0.1, -0.05) is 45.2 Å². The van der Waals surface area contributed by atoms with Crippen LogP contribution in [0.3, 0.4) is 0 Å². The van der Waals surface area contributed by atoms with E-state index in [0.29, 0.717) is 0 Å². The fourth-order valence-electron chi connectivity index (χ4n) is 4.05. The third kappa shape index (κ3) is 3.08. The summed E-state index contributed by atoms with van der Waals surface area (Å²) < 4.78 is 2.60. The average molecular weight is 447 g/mol. The first-order chi connectivity index (χ1) is 14.4. The molecule has 0 bridgehead atoms. The highest BCUT2D eigenvalue weighted by Gasteiger charge is 2.21. The summed E-state index contributed by atoms with van der Waals surface area (Å²) in [5, 5.41) is 7.96. The molecule has 30 heavy (non-hydrogen) atoms. The highest BCUT2D eigenvalue weighted by Crippen LogP contribution is 2.44. The van der Waals surface area contributed by atoms with Gasteiger partial charge in [-0.3, -0.25) is 0 Å². The van der Waals surface area contributed by atoms with E-state index in [1.807, 2.05) is 16.7 Å². The maximum absolute atomic E-state index is 4.79. The molecule has 3 heterocycles. The first kappa shape index (κ1) is 19.7. The van der Waals surface area contributed by atoms with Crippen molar-refractivity contribution in [3.05, 3.63) is 65.2 Å². The van der Waals surface area contributed by atoms with E-state index in [9.17, 15) is 0 Å². The second-order valence-electron chi connectivity index (χ2n) is 8.48. The molecule has 2 nitrogen and oxygen atoms in total. The maximum atomic E-state index is 4.79. The van der Waals surface area contributed by atoms with Crippen molar-refractivity contribution >= 4 is 64.8 Å². The molecule has 0 aliphatic rings. The number of hydrogen-bond donors (Lipinski definition) is 0. The van der Waals surface area contributed by atoms with Crippen LogP contribution in [0.25, 0.3) is 41.6 Å². The third-order valence-corrected chi connectivity index (χ3v) is 8.33. The molecule has 0 atom stereocenters. The van der Waals surface area contributed by atoms with E-state index in [4.69, 9.17) is 4.98 Å². The van der Waals surface area contributed by atoms with Crippen molar-refractivity contribution in [2.24, 2.45) is 0 Å². The molecule has 0 aliphatic carbocycles. The van der Waals surface area contributed by atoms with Gasteiger partial charge in [0.1, 0.15) is 11.2 Å².